The fourth-order valence-corrected chi connectivity index (χ4v) is 4.93. The molecule has 0 spiro atoms. The van der Waals surface area contributed by atoms with Crippen molar-refractivity contribution in [1.29, 1.82) is 0 Å². The van der Waals surface area contributed by atoms with Gasteiger partial charge in [-0.15, -0.1) is 0 Å². The first-order chi connectivity index (χ1) is 9.37. The summed E-state index contributed by atoms with van der Waals surface area (Å²) in [5, 5.41) is 3.58. The molecule has 2 saturated heterocycles. The first kappa shape index (κ1) is 13.9. The minimum atomic E-state index is -3.10. The zero-order valence-corrected chi connectivity index (χ0v) is 12.5. The Balaban J connectivity index is 2.01. The maximum atomic E-state index is 12.2. The van der Waals surface area contributed by atoms with E-state index in [9.17, 15) is 13.2 Å². The summed E-state index contributed by atoms with van der Waals surface area (Å²) in [7, 11) is -3.10. The molecule has 1 aromatic rings. The molecule has 0 aromatic heterocycles. The SMILES string of the molecule is Cc1ccc(N2C(=O)CN[C@@H]3CS(=O)(=O)C[C@@H]32)cc1Cl. The van der Waals surface area contributed by atoms with E-state index in [0.717, 1.165) is 5.56 Å². The van der Waals surface area contributed by atoms with E-state index < -0.39 is 9.84 Å². The highest BCUT2D eigenvalue weighted by atomic mass is 35.5. The Morgan fingerprint density at radius 3 is 2.80 bits per heavy atom. The number of aryl methyl sites for hydroxylation is 1. The number of nitrogens with one attached hydrogen (secondary N) is 1. The standard InChI is InChI=1S/C13H15ClN2O3S/c1-8-2-3-9(4-10(8)14)16-12-7-20(18,19)6-11(12)15-5-13(16)17/h2-4,11-12,15H,5-7H2,1H3/t11-,12+/m1/s1. The summed E-state index contributed by atoms with van der Waals surface area (Å²) >= 11 is 6.11. The number of anilines is 1. The lowest BCUT2D eigenvalue weighted by atomic mass is 10.1. The highest BCUT2D eigenvalue weighted by molar-refractivity contribution is 7.91. The fraction of sp³-hybridized carbons (Fsp3) is 0.462. The molecule has 0 saturated carbocycles. The van der Waals surface area contributed by atoms with Crippen LogP contribution in [-0.2, 0) is 14.6 Å². The summed E-state index contributed by atoms with van der Waals surface area (Å²) in [6.07, 6.45) is 0. The number of fused-ring (bicyclic) bond motifs is 1. The van der Waals surface area contributed by atoms with Crippen LogP contribution in [0.5, 0.6) is 0 Å². The van der Waals surface area contributed by atoms with Crippen molar-refractivity contribution in [1.82, 2.24) is 5.32 Å². The maximum Gasteiger partial charge on any atom is 0.241 e. The third kappa shape index (κ3) is 2.32. The first-order valence-corrected chi connectivity index (χ1v) is 8.59. The van der Waals surface area contributed by atoms with E-state index in [1.54, 1.807) is 11.0 Å². The van der Waals surface area contributed by atoms with Gasteiger partial charge in [-0.3, -0.25) is 4.79 Å². The summed E-state index contributed by atoms with van der Waals surface area (Å²) in [4.78, 5) is 13.8. The third-order valence-electron chi connectivity index (χ3n) is 3.87. The second-order valence-electron chi connectivity index (χ2n) is 5.33. The number of nitrogens with zero attached hydrogens (tertiary/aromatic N) is 1. The largest absolute Gasteiger partial charge is 0.306 e. The minimum absolute atomic E-state index is 0.00189. The fourth-order valence-electron chi connectivity index (χ4n) is 2.83. The number of halogens is 1. The van der Waals surface area contributed by atoms with E-state index in [0.29, 0.717) is 10.7 Å². The van der Waals surface area contributed by atoms with Crippen LogP contribution < -0.4 is 10.2 Å². The number of rotatable bonds is 1. The van der Waals surface area contributed by atoms with Crippen molar-refractivity contribution in [3.63, 3.8) is 0 Å². The smallest absolute Gasteiger partial charge is 0.241 e. The van der Waals surface area contributed by atoms with E-state index in [-0.39, 0.29) is 36.0 Å². The van der Waals surface area contributed by atoms with Gasteiger partial charge in [-0.2, -0.15) is 0 Å². The Labute approximate surface area is 122 Å². The van der Waals surface area contributed by atoms with Gasteiger partial charge in [0.2, 0.25) is 5.91 Å². The third-order valence-corrected chi connectivity index (χ3v) is 6.00. The summed E-state index contributed by atoms with van der Waals surface area (Å²) in [5.74, 6) is -0.0357. The molecular weight excluding hydrogens is 300 g/mol. The normalized spacial score (nSPS) is 28.5. The second-order valence-corrected chi connectivity index (χ2v) is 7.89. The van der Waals surface area contributed by atoms with Crippen LogP contribution in [-0.4, -0.2) is 44.5 Å². The predicted octanol–water partition coefficient (Wildman–Crippen LogP) is 0.750. The van der Waals surface area contributed by atoms with Crippen molar-refractivity contribution in [3.8, 4) is 0 Å². The monoisotopic (exact) mass is 314 g/mol. The molecule has 7 heteroatoms. The molecule has 1 amide bonds. The van der Waals surface area contributed by atoms with Gasteiger partial charge in [0.15, 0.2) is 9.84 Å². The number of hydrogen-bond donors (Lipinski definition) is 1. The van der Waals surface area contributed by atoms with Crippen molar-refractivity contribution >= 4 is 33.0 Å². The highest BCUT2D eigenvalue weighted by Gasteiger charge is 2.46. The van der Waals surface area contributed by atoms with Crippen molar-refractivity contribution in [3.05, 3.63) is 28.8 Å². The van der Waals surface area contributed by atoms with E-state index in [4.69, 9.17) is 11.6 Å². The highest BCUT2D eigenvalue weighted by Crippen LogP contribution is 2.30. The Morgan fingerprint density at radius 1 is 1.35 bits per heavy atom. The molecule has 2 heterocycles. The zero-order chi connectivity index (χ0) is 14.5. The lowest BCUT2D eigenvalue weighted by Crippen LogP contribution is -2.60. The lowest BCUT2D eigenvalue weighted by Gasteiger charge is -2.37. The Hall–Kier alpha value is -1.11. The predicted molar refractivity (Wildman–Crippen MR) is 77.9 cm³/mol. The number of carbonyl (C=O) groups excluding carboxylic acids is 1. The molecule has 2 fully saturated rings. The van der Waals surface area contributed by atoms with Crippen LogP contribution in [0.1, 0.15) is 5.56 Å². The van der Waals surface area contributed by atoms with E-state index in [1.807, 2.05) is 19.1 Å². The Kier molecular flexibility index (Phi) is 3.27. The van der Waals surface area contributed by atoms with Gasteiger partial charge in [-0.1, -0.05) is 17.7 Å². The van der Waals surface area contributed by atoms with Crippen LogP contribution >= 0.6 is 11.6 Å². The second kappa shape index (κ2) is 4.72. The van der Waals surface area contributed by atoms with Gasteiger partial charge in [0.25, 0.3) is 0 Å². The van der Waals surface area contributed by atoms with Gasteiger partial charge < -0.3 is 10.2 Å². The molecule has 1 aromatic carbocycles. The number of amides is 1. The van der Waals surface area contributed by atoms with Gasteiger partial charge in [0.1, 0.15) is 0 Å². The average molecular weight is 315 g/mol. The summed E-state index contributed by atoms with van der Waals surface area (Å²) in [6, 6.07) is 4.83. The molecule has 0 bridgehead atoms. The van der Waals surface area contributed by atoms with E-state index in [1.165, 1.54) is 0 Å². The van der Waals surface area contributed by atoms with Gasteiger partial charge in [0, 0.05) is 16.8 Å². The van der Waals surface area contributed by atoms with Crippen LogP contribution in [0.25, 0.3) is 0 Å². The number of piperazine rings is 1. The quantitative estimate of drug-likeness (QED) is 0.831. The first-order valence-electron chi connectivity index (χ1n) is 6.39. The topological polar surface area (TPSA) is 66.5 Å². The molecular formula is C13H15ClN2O3S. The zero-order valence-electron chi connectivity index (χ0n) is 11.0. The number of sulfone groups is 1. The summed E-state index contributed by atoms with van der Waals surface area (Å²) < 4.78 is 23.6. The Morgan fingerprint density at radius 2 is 2.10 bits per heavy atom. The van der Waals surface area contributed by atoms with Gasteiger partial charge >= 0.3 is 0 Å². The molecule has 108 valence electrons. The van der Waals surface area contributed by atoms with Crippen molar-refractivity contribution in [2.24, 2.45) is 0 Å². The lowest BCUT2D eigenvalue weighted by molar-refractivity contribution is -0.119. The molecule has 0 aliphatic carbocycles. The van der Waals surface area contributed by atoms with Crippen LogP contribution in [0.15, 0.2) is 18.2 Å². The van der Waals surface area contributed by atoms with Crippen LogP contribution in [0.3, 0.4) is 0 Å². The molecule has 1 N–H and O–H groups in total. The number of carbonyl (C=O) groups is 1. The van der Waals surface area contributed by atoms with E-state index in [2.05, 4.69) is 5.32 Å². The maximum absolute atomic E-state index is 12.2. The van der Waals surface area contributed by atoms with E-state index >= 15 is 0 Å². The molecule has 20 heavy (non-hydrogen) atoms. The molecule has 2 atom stereocenters. The number of hydrogen-bond acceptors (Lipinski definition) is 4. The van der Waals surface area contributed by atoms with Gasteiger partial charge in [-0.25, -0.2) is 8.42 Å². The number of benzene rings is 1. The van der Waals surface area contributed by atoms with Gasteiger partial charge in [-0.05, 0) is 24.6 Å². The van der Waals surface area contributed by atoms with Crippen molar-refractivity contribution < 1.29 is 13.2 Å². The summed E-state index contributed by atoms with van der Waals surface area (Å²) in [5.41, 5.74) is 1.59. The molecule has 5 nitrogen and oxygen atoms in total. The van der Waals surface area contributed by atoms with Crippen LogP contribution in [0, 0.1) is 6.92 Å². The summed E-state index contributed by atoms with van der Waals surface area (Å²) in [6.45, 7) is 2.04. The van der Waals surface area contributed by atoms with Crippen LogP contribution in [0.4, 0.5) is 5.69 Å². The van der Waals surface area contributed by atoms with Gasteiger partial charge in [0.05, 0.1) is 24.1 Å². The molecule has 2 aliphatic rings. The van der Waals surface area contributed by atoms with Crippen molar-refractivity contribution in [2.45, 2.75) is 19.0 Å². The Bertz CT molecular complexity index is 674. The van der Waals surface area contributed by atoms with Crippen molar-refractivity contribution in [2.75, 3.05) is 23.0 Å². The minimum Gasteiger partial charge on any atom is -0.306 e. The molecule has 0 unspecified atom stereocenters. The molecule has 3 rings (SSSR count). The van der Waals surface area contributed by atoms with Crippen LogP contribution in [0.2, 0.25) is 5.02 Å². The molecule has 2 aliphatic heterocycles. The average Bonchev–Trinajstić information content (AvgIpc) is 2.67. The molecule has 0 radical (unpaired) electrons.